The Hall–Kier alpha value is -1.03. The average molecular weight is 323 g/mol. The van der Waals surface area contributed by atoms with Crippen molar-refractivity contribution in [3.05, 3.63) is 51.2 Å². The Balaban J connectivity index is 2.04. The predicted octanol–water partition coefficient (Wildman–Crippen LogP) is 4.93. The van der Waals surface area contributed by atoms with E-state index in [9.17, 15) is 0 Å². The molecule has 2 rings (SSSR count). The smallest absolute Gasteiger partial charge is 0.0642 e. The van der Waals surface area contributed by atoms with Crippen LogP contribution in [0.5, 0.6) is 0 Å². The van der Waals surface area contributed by atoms with Crippen molar-refractivity contribution in [1.82, 2.24) is 5.32 Å². The Morgan fingerprint density at radius 1 is 1.19 bits per heavy atom. The van der Waals surface area contributed by atoms with E-state index in [-0.39, 0.29) is 5.54 Å². The van der Waals surface area contributed by atoms with E-state index in [4.69, 9.17) is 11.6 Å². The van der Waals surface area contributed by atoms with Crippen molar-refractivity contribution in [2.24, 2.45) is 0 Å². The fourth-order valence-corrected chi connectivity index (χ4v) is 3.09. The zero-order valence-corrected chi connectivity index (χ0v) is 14.7. The summed E-state index contributed by atoms with van der Waals surface area (Å²) in [5.74, 6) is 0. The van der Waals surface area contributed by atoms with E-state index in [2.05, 4.69) is 73.1 Å². The molecule has 0 aliphatic heterocycles. The lowest BCUT2D eigenvalue weighted by Crippen LogP contribution is -2.35. The number of hydrogen-bond acceptors (Lipinski definition) is 3. The lowest BCUT2D eigenvalue weighted by atomic mass is 10.1. The highest BCUT2D eigenvalue weighted by molar-refractivity contribution is 7.07. The van der Waals surface area contributed by atoms with Gasteiger partial charge in [0.25, 0.3) is 0 Å². The van der Waals surface area contributed by atoms with Crippen LogP contribution in [0.15, 0.2) is 35.0 Å². The molecular weight excluding hydrogens is 300 g/mol. The van der Waals surface area contributed by atoms with Gasteiger partial charge in [-0.1, -0.05) is 17.7 Å². The molecule has 0 saturated heterocycles. The highest BCUT2D eigenvalue weighted by Crippen LogP contribution is 2.27. The van der Waals surface area contributed by atoms with Crippen molar-refractivity contribution in [1.29, 1.82) is 0 Å². The van der Waals surface area contributed by atoms with Crippen LogP contribution in [-0.2, 0) is 13.1 Å². The lowest BCUT2D eigenvalue weighted by Gasteiger charge is -2.23. The molecule has 2 nitrogen and oxygen atoms in total. The number of hydrogen-bond donors (Lipinski definition) is 1. The molecule has 1 aromatic carbocycles. The summed E-state index contributed by atoms with van der Waals surface area (Å²) < 4.78 is 0. The third kappa shape index (κ3) is 5.03. The first-order valence-electron chi connectivity index (χ1n) is 7.11. The van der Waals surface area contributed by atoms with Crippen molar-refractivity contribution in [3.63, 3.8) is 0 Å². The highest BCUT2D eigenvalue weighted by atomic mass is 35.5. The van der Waals surface area contributed by atoms with Crippen LogP contribution in [0.2, 0.25) is 5.02 Å². The van der Waals surface area contributed by atoms with Gasteiger partial charge in [-0.25, -0.2) is 0 Å². The molecule has 0 amide bonds. The molecule has 0 bridgehead atoms. The van der Waals surface area contributed by atoms with Crippen LogP contribution in [0, 0.1) is 0 Å². The largest absolute Gasteiger partial charge is 0.369 e. The number of rotatable bonds is 5. The molecule has 0 saturated carbocycles. The first-order valence-corrected chi connectivity index (χ1v) is 8.43. The minimum atomic E-state index is 0.112. The van der Waals surface area contributed by atoms with E-state index in [1.165, 1.54) is 11.1 Å². The van der Waals surface area contributed by atoms with Crippen molar-refractivity contribution >= 4 is 28.6 Å². The van der Waals surface area contributed by atoms with E-state index in [1.54, 1.807) is 11.3 Å². The minimum Gasteiger partial charge on any atom is -0.369 e. The van der Waals surface area contributed by atoms with Gasteiger partial charge >= 0.3 is 0 Å². The number of benzene rings is 1. The first kappa shape index (κ1) is 16.3. The molecule has 4 heteroatoms. The van der Waals surface area contributed by atoms with Gasteiger partial charge in [0.05, 0.1) is 10.7 Å². The Bertz CT molecular complexity index is 573. The summed E-state index contributed by atoms with van der Waals surface area (Å²) in [6.45, 7) is 8.20. The van der Waals surface area contributed by atoms with Crippen LogP contribution in [0.25, 0.3) is 0 Å². The van der Waals surface area contributed by atoms with Gasteiger partial charge in [0, 0.05) is 25.7 Å². The summed E-state index contributed by atoms with van der Waals surface area (Å²) in [6.07, 6.45) is 0. The summed E-state index contributed by atoms with van der Waals surface area (Å²) in [7, 11) is 2.08. The molecule has 0 atom stereocenters. The van der Waals surface area contributed by atoms with Crippen LogP contribution in [0.3, 0.4) is 0 Å². The average Bonchev–Trinajstić information content (AvgIpc) is 2.88. The SMILES string of the molecule is CN(Cc1ccsc1)c1ccc(CNC(C)(C)C)cc1Cl. The maximum absolute atomic E-state index is 6.45. The van der Waals surface area contributed by atoms with Crippen molar-refractivity contribution < 1.29 is 0 Å². The standard InChI is InChI=1S/C17H23ClN2S/c1-17(2,3)19-10-13-5-6-16(15(18)9-13)20(4)11-14-7-8-21-12-14/h5-9,12,19H,10-11H2,1-4H3. The van der Waals surface area contributed by atoms with Crippen LogP contribution in [0.1, 0.15) is 31.9 Å². The second-order valence-electron chi connectivity index (χ2n) is 6.38. The Kier molecular flexibility index (Phi) is 5.31. The fraction of sp³-hybridized carbons (Fsp3) is 0.412. The number of nitrogens with zero attached hydrogens (tertiary/aromatic N) is 1. The Morgan fingerprint density at radius 3 is 2.52 bits per heavy atom. The molecule has 0 unspecified atom stereocenters. The number of anilines is 1. The molecule has 114 valence electrons. The predicted molar refractivity (Wildman–Crippen MR) is 94.5 cm³/mol. The van der Waals surface area contributed by atoms with Crippen LogP contribution < -0.4 is 10.2 Å². The van der Waals surface area contributed by atoms with E-state index in [0.29, 0.717) is 0 Å². The fourth-order valence-electron chi connectivity index (χ4n) is 2.08. The minimum absolute atomic E-state index is 0.112. The molecule has 0 aliphatic rings. The van der Waals surface area contributed by atoms with E-state index >= 15 is 0 Å². The molecule has 0 radical (unpaired) electrons. The van der Waals surface area contributed by atoms with E-state index in [1.807, 2.05) is 0 Å². The zero-order chi connectivity index (χ0) is 15.5. The highest BCUT2D eigenvalue weighted by Gasteiger charge is 2.11. The molecule has 1 heterocycles. The second kappa shape index (κ2) is 6.82. The Labute approximate surface area is 136 Å². The van der Waals surface area contributed by atoms with Gasteiger partial charge in [0.1, 0.15) is 0 Å². The summed E-state index contributed by atoms with van der Waals surface area (Å²) in [5, 5.41) is 8.56. The van der Waals surface area contributed by atoms with Gasteiger partial charge in [-0.3, -0.25) is 0 Å². The third-order valence-corrected chi connectivity index (χ3v) is 4.28. The number of thiophene rings is 1. The van der Waals surface area contributed by atoms with Gasteiger partial charge in [-0.05, 0) is 60.9 Å². The van der Waals surface area contributed by atoms with E-state index < -0.39 is 0 Å². The van der Waals surface area contributed by atoms with E-state index in [0.717, 1.165) is 23.8 Å². The normalized spacial score (nSPS) is 11.7. The van der Waals surface area contributed by atoms with Gasteiger partial charge in [0.15, 0.2) is 0 Å². The van der Waals surface area contributed by atoms with Crippen molar-refractivity contribution in [2.75, 3.05) is 11.9 Å². The molecule has 1 aromatic heterocycles. The van der Waals surface area contributed by atoms with Gasteiger partial charge in [0.2, 0.25) is 0 Å². The first-order chi connectivity index (χ1) is 9.85. The Morgan fingerprint density at radius 2 is 1.95 bits per heavy atom. The van der Waals surface area contributed by atoms with Crippen molar-refractivity contribution in [3.8, 4) is 0 Å². The lowest BCUT2D eigenvalue weighted by molar-refractivity contribution is 0.424. The number of halogens is 1. The second-order valence-corrected chi connectivity index (χ2v) is 7.56. The molecule has 21 heavy (non-hydrogen) atoms. The molecule has 0 spiro atoms. The van der Waals surface area contributed by atoms with Gasteiger partial charge < -0.3 is 10.2 Å². The van der Waals surface area contributed by atoms with Gasteiger partial charge in [-0.15, -0.1) is 0 Å². The molecule has 1 N–H and O–H groups in total. The molecule has 0 aliphatic carbocycles. The van der Waals surface area contributed by atoms with Gasteiger partial charge in [-0.2, -0.15) is 11.3 Å². The zero-order valence-electron chi connectivity index (χ0n) is 13.1. The molecular formula is C17H23ClN2S. The summed E-state index contributed by atoms with van der Waals surface area (Å²) in [5.41, 5.74) is 3.71. The number of nitrogens with one attached hydrogen (secondary N) is 1. The summed E-state index contributed by atoms with van der Waals surface area (Å²) in [6, 6.07) is 8.45. The van der Waals surface area contributed by atoms with Crippen LogP contribution >= 0.6 is 22.9 Å². The quantitative estimate of drug-likeness (QED) is 0.840. The van der Waals surface area contributed by atoms with Crippen molar-refractivity contribution in [2.45, 2.75) is 39.4 Å². The maximum Gasteiger partial charge on any atom is 0.0642 e. The van der Waals surface area contributed by atoms with Crippen LogP contribution in [-0.4, -0.2) is 12.6 Å². The van der Waals surface area contributed by atoms with Crippen LogP contribution in [0.4, 0.5) is 5.69 Å². The topological polar surface area (TPSA) is 15.3 Å². The summed E-state index contributed by atoms with van der Waals surface area (Å²) in [4.78, 5) is 2.19. The monoisotopic (exact) mass is 322 g/mol. The molecule has 0 fully saturated rings. The molecule has 2 aromatic rings. The summed E-state index contributed by atoms with van der Waals surface area (Å²) >= 11 is 8.17. The maximum atomic E-state index is 6.45. The third-order valence-electron chi connectivity index (χ3n) is 3.25.